The van der Waals surface area contributed by atoms with Crippen LogP contribution >= 0.6 is 0 Å². The van der Waals surface area contributed by atoms with Crippen LogP contribution in [-0.4, -0.2) is 30.1 Å². The average molecular weight is 238 g/mol. The molecule has 2 heteroatoms. The lowest BCUT2D eigenvalue weighted by Gasteiger charge is -2.44. The first kappa shape index (κ1) is 13.4. The van der Waals surface area contributed by atoms with Crippen LogP contribution in [0.3, 0.4) is 0 Å². The van der Waals surface area contributed by atoms with Gasteiger partial charge < -0.3 is 10.6 Å². The molecule has 100 valence electrons. The lowest BCUT2D eigenvalue weighted by Crippen LogP contribution is -2.48. The number of rotatable bonds is 2. The van der Waals surface area contributed by atoms with Gasteiger partial charge in [-0.1, -0.05) is 13.8 Å². The first-order valence-electron chi connectivity index (χ1n) is 7.57. The number of hydrogen-bond donors (Lipinski definition) is 1. The quantitative estimate of drug-likeness (QED) is 0.801. The topological polar surface area (TPSA) is 29.3 Å². The molecule has 0 radical (unpaired) electrons. The summed E-state index contributed by atoms with van der Waals surface area (Å²) in [5.74, 6) is 2.61. The van der Waals surface area contributed by atoms with Crippen molar-refractivity contribution in [1.29, 1.82) is 0 Å². The van der Waals surface area contributed by atoms with Gasteiger partial charge in [-0.3, -0.25) is 0 Å². The molecule has 0 aromatic heterocycles. The van der Waals surface area contributed by atoms with E-state index in [1.807, 2.05) is 0 Å². The lowest BCUT2D eigenvalue weighted by molar-refractivity contribution is 0.0584. The fraction of sp³-hybridized carbons (Fsp3) is 1.00. The first-order valence-corrected chi connectivity index (χ1v) is 7.57. The molecule has 1 aliphatic heterocycles. The predicted octanol–water partition coefficient (Wildman–Crippen LogP) is 2.87. The van der Waals surface area contributed by atoms with Crippen LogP contribution in [0.5, 0.6) is 0 Å². The number of piperidine rings is 1. The van der Waals surface area contributed by atoms with E-state index in [0.717, 1.165) is 23.8 Å². The predicted molar refractivity (Wildman–Crippen MR) is 73.9 cm³/mol. The molecule has 0 bridgehead atoms. The van der Waals surface area contributed by atoms with Crippen LogP contribution in [0.2, 0.25) is 0 Å². The van der Waals surface area contributed by atoms with Crippen molar-refractivity contribution >= 4 is 0 Å². The monoisotopic (exact) mass is 238 g/mol. The Balaban J connectivity index is 1.84. The molecule has 1 saturated heterocycles. The third kappa shape index (κ3) is 3.23. The van der Waals surface area contributed by atoms with Crippen molar-refractivity contribution in [3.8, 4) is 0 Å². The molecule has 0 aromatic rings. The van der Waals surface area contributed by atoms with Crippen molar-refractivity contribution < 1.29 is 0 Å². The molecule has 1 heterocycles. The minimum Gasteiger partial charge on any atom is -0.328 e. The van der Waals surface area contributed by atoms with Gasteiger partial charge in [-0.05, 0) is 69.9 Å². The van der Waals surface area contributed by atoms with Gasteiger partial charge >= 0.3 is 0 Å². The van der Waals surface area contributed by atoms with Gasteiger partial charge in [0.05, 0.1) is 0 Å². The highest BCUT2D eigenvalue weighted by Crippen LogP contribution is 2.34. The minimum atomic E-state index is 0.390. The molecule has 2 N–H and O–H groups in total. The summed E-state index contributed by atoms with van der Waals surface area (Å²) in [5.41, 5.74) is 6.02. The largest absolute Gasteiger partial charge is 0.328 e. The minimum absolute atomic E-state index is 0.390. The van der Waals surface area contributed by atoms with E-state index in [-0.39, 0.29) is 0 Å². The maximum absolute atomic E-state index is 6.02. The maximum Gasteiger partial charge on any atom is 0.0121 e. The van der Waals surface area contributed by atoms with Gasteiger partial charge in [0.2, 0.25) is 0 Å². The normalized spacial score (nSPS) is 39.2. The molecule has 2 aliphatic rings. The Morgan fingerprint density at radius 2 is 1.71 bits per heavy atom. The third-order valence-corrected chi connectivity index (χ3v) is 5.17. The molecule has 0 aromatic carbocycles. The van der Waals surface area contributed by atoms with Crippen LogP contribution in [0.1, 0.15) is 52.9 Å². The highest BCUT2D eigenvalue weighted by atomic mass is 15.2. The molecule has 0 amide bonds. The van der Waals surface area contributed by atoms with Crippen molar-refractivity contribution in [1.82, 2.24) is 4.90 Å². The lowest BCUT2D eigenvalue weighted by atomic mass is 9.78. The number of nitrogens with two attached hydrogens (primary N) is 1. The van der Waals surface area contributed by atoms with Gasteiger partial charge in [-0.25, -0.2) is 0 Å². The van der Waals surface area contributed by atoms with Gasteiger partial charge in [-0.15, -0.1) is 0 Å². The fourth-order valence-electron chi connectivity index (χ4n) is 3.97. The van der Waals surface area contributed by atoms with E-state index in [2.05, 4.69) is 25.7 Å². The molecule has 17 heavy (non-hydrogen) atoms. The molecule has 4 atom stereocenters. The van der Waals surface area contributed by atoms with Crippen molar-refractivity contribution in [2.24, 2.45) is 23.5 Å². The van der Waals surface area contributed by atoms with Crippen LogP contribution in [0.4, 0.5) is 0 Å². The van der Waals surface area contributed by atoms with Gasteiger partial charge in [0, 0.05) is 12.1 Å². The maximum atomic E-state index is 6.02. The van der Waals surface area contributed by atoms with Crippen molar-refractivity contribution in [3.05, 3.63) is 0 Å². The van der Waals surface area contributed by atoms with Crippen LogP contribution in [0.15, 0.2) is 0 Å². The Labute approximate surface area is 107 Å². The second-order valence-electron chi connectivity index (χ2n) is 6.70. The molecular formula is C15H30N2. The second-order valence-corrected chi connectivity index (χ2v) is 6.70. The Kier molecular flexibility index (Phi) is 4.48. The van der Waals surface area contributed by atoms with E-state index >= 15 is 0 Å². The van der Waals surface area contributed by atoms with Gasteiger partial charge in [0.25, 0.3) is 0 Å². The zero-order valence-electron chi connectivity index (χ0n) is 11.9. The SMILES string of the molecule is CC1CCC(N2CCC(C(C)N)CC2)C(C)C1. The van der Waals surface area contributed by atoms with Crippen molar-refractivity contribution in [3.63, 3.8) is 0 Å². The number of hydrogen-bond acceptors (Lipinski definition) is 2. The summed E-state index contributed by atoms with van der Waals surface area (Å²) in [6, 6.07) is 1.25. The summed E-state index contributed by atoms with van der Waals surface area (Å²) < 4.78 is 0. The van der Waals surface area contributed by atoms with Crippen molar-refractivity contribution in [2.75, 3.05) is 13.1 Å². The average Bonchev–Trinajstić information content (AvgIpc) is 2.29. The number of nitrogens with zero attached hydrogens (tertiary/aromatic N) is 1. The standard InChI is InChI=1S/C15H30N2/c1-11-4-5-15(12(2)10-11)17-8-6-14(7-9-17)13(3)16/h11-15H,4-10,16H2,1-3H3. The summed E-state index contributed by atoms with van der Waals surface area (Å²) in [6.07, 6.45) is 6.91. The summed E-state index contributed by atoms with van der Waals surface area (Å²) in [5, 5.41) is 0. The van der Waals surface area contributed by atoms with E-state index in [0.29, 0.717) is 6.04 Å². The van der Waals surface area contributed by atoms with E-state index < -0.39 is 0 Å². The Morgan fingerprint density at radius 1 is 1.06 bits per heavy atom. The van der Waals surface area contributed by atoms with Gasteiger partial charge in [-0.2, -0.15) is 0 Å². The summed E-state index contributed by atoms with van der Waals surface area (Å²) in [6.45, 7) is 9.61. The fourth-order valence-corrected chi connectivity index (χ4v) is 3.97. The smallest absolute Gasteiger partial charge is 0.0121 e. The summed E-state index contributed by atoms with van der Waals surface area (Å²) in [7, 11) is 0. The number of likely N-dealkylation sites (tertiary alicyclic amines) is 1. The van der Waals surface area contributed by atoms with E-state index in [4.69, 9.17) is 5.73 Å². The molecular weight excluding hydrogens is 208 g/mol. The third-order valence-electron chi connectivity index (χ3n) is 5.17. The Hall–Kier alpha value is -0.0800. The Bertz CT molecular complexity index is 231. The van der Waals surface area contributed by atoms with Crippen LogP contribution in [0.25, 0.3) is 0 Å². The summed E-state index contributed by atoms with van der Waals surface area (Å²) in [4.78, 5) is 2.76. The first-order chi connectivity index (χ1) is 8.08. The van der Waals surface area contributed by atoms with Crippen LogP contribution in [0, 0.1) is 17.8 Å². The van der Waals surface area contributed by atoms with E-state index in [1.165, 1.54) is 45.2 Å². The van der Waals surface area contributed by atoms with E-state index in [9.17, 15) is 0 Å². The highest BCUT2D eigenvalue weighted by Gasteiger charge is 2.32. The molecule has 2 nitrogen and oxygen atoms in total. The second kappa shape index (κ2) is 5.71. The molecule has 0 spiro atoms. The summed E-state index contributed by atoms with van der Waals surface area (Å²) >= 11 is 0. The van der Waals surface area contributed by atoms with Crippen molar-refractivity contribution in [2.45, 2.75) is 65.0 Å². The van der Waals surface area contributed by atoms with Gasteiger partial charge in [0.1, 0.15) is 0 Å². The molecule has 2 fully saturated rings. The van der Waals surface area contributed by atoms with Crippen LogP contribution in [-0.2, 0) is 0 Å². The molecule has 4 unspecified atom stereocenters. The molecule has 2 rings (SSSR count). The molecule has 1 saturated carbocycles. The highest BCUT2D eigenvalue weighted by molar-refractivity contribution is 4.87. The zero-order valence-corrected chi connectivity index (χ0v) is 11.9. The van der Waals surface area contributed by atoms with Crippen LogP contribution < -0.4 is 5.73 Å². The van der Waals surface area contributed by atoms with E-state index in [1.54, 1.807) is 0 Å². The van der Waals surface area contributed by atoms with Gasteiger partial charge in [0.15, 0.2) is 0 Å². The Morgan fingerprint density at radius 3 is 2.24 bits per heavy atom. The molecule has 1 aliphatic carbocycles. The zero-order chi connectivity index (χ0) is 12.4.